The number of benzene rings is 1. The van der Waals surface area contributed by atoms with Crippen molar-refractivity contribution in [1.82, 2.24) is 25.5 Å². The van der Waals surface area contributed by atoms with E-state index in [0.29, 0.717) is 61.0 Å². The Morgan fingerprint density at radius 2 is 2.12 bits per heavy atom. The van der Waals surface area contributed by atoms with Crippen molar-refractivity contribution in [2.24, 2.45) is 0 Å². The molecule has 1 fully saturated rings. The van der Waals surface area contributed by atoms with Gasteiger partial charge in [0, 0.05) is 30.1 Å². The Morgan fingerprint density at radius 3 is 2.91 bits per heavy atom. The molecule has 0 aliphatic carbocycles. The minimum atomic E-state index is -0.574. The van der Waals surface area contributed by atoms with Crippen molar-refractivity contribution in [3.05, 3.63) is 41.5 Å². The first-order valence-electron chi connectivity index (χ1n) is 11.2. The van der Waals surface area contributed by atoms with Gasteiger partial charge >= 0.3 is 0 Å². The number of aliphatic hydroxyl groups is 1. The molecule has 5 rings (SSSR count). The number of ether oxygens (including phenoxy) is 4. The monoisotopic (exact) mass is 471 g/mol. The lowest BCUT2D eigenvalue weighted by Crippen LogP contribution is -2.42. The Bertz CT molecular complexity index is 1160. The van der Waals surface area contributed by atoms with E-state index in [-0.39, 0.29) is 24.6 Å². The molecular formula is C23H26FN5O5. The minimum absolute atomic E-state index is 0.0860. The predicted octanol–water partition coefficient (Wildman–Crippen LogP) is 1.75. The molecule has 2 aliphatic heterocycles. The van der Waals surface area contributed by atoms with Crippen LogP contribution in [0.15, 0.2) is 24.4 Å². The van der Waals surface area contributed by atoms with Gasteiger partial charge in [-0.1, -0.05) is 0 Å². The van der Waals surface area contributed by atoms with Gasteiger partial charge in [0.1, 0.15) is 19.0 Å². The fourth-order valence-electron chi connectivity index (χ4n) is 4.38. The van der Waals surface area contributed by atoms with Gasteiger partial charge in [0.2, 0.25) is 5.88 Å². The van der Waals surface area contributed by atoms with E-state index in [4.69, 9.17) is 18.9 Å². The second-order valence-electron chi connectivity index (χ2n) is 8.26. The molecule has 2 aliphatic rings. The van der Waals surface area contributed by atoms with E-state index in [2.05, 4.69) is 25.5 Å². The number of nitrogens with zero attached hydrogens (tertiary/aromatic N) is 4. The van der Waals surface area contributed by atoms with Gasteiger partial charge in [-0.15, -0.1) is 5.10 Å². The zero-order valence-electron chi connectivity index (χ0n) is 18.7. The van der Waals surface area contributed by atoms with Crippen LogP contribution in [0.3, 0.4) is 0 Å². The minimum Gasteiger partial charge on any atom is -0.484 e. The highest BCUT2D eigenvalue weighted by Gasteiger charge is 2.32. The number of hydrogen-bond donors (Lipinski definition) is 2. The summed E-state index contributed by atoms with van der Waals surface area (Å²) in [7, 11) is 1.48. The van der Waals surface area contributed by atoms with Crippen molar-refractivity contribution in [2.45, 2.75) is 37.5 Å². The van der Waals surface area contributed by atoms with Crippen LogP contribution >= 0.6 is 0 Å². The third-order valence-electron chi connectivity index (χ3n) is 6.14. The fraction of sp³-hybridized carbons (Fsp3) is 0.478. The largest absolute Gasteiger partial charge is 0.484 e. The normalized spacial score (nSPS) is 20.8. The molecule has 1 unspecified atom stereocenters. The van der Waals surface area contributed by atoms with Crippen LogP contribution in [0.5, 0.6) is 17.5 Å². The van der Waals surface area contributed by atoms with Crippen LogP contribution in [0.25, 0.3) is 11.0 Å². The zero-order chi connectivity index (χ0) is 23.5. The van der Waals surface area contributed by atoms with Crippen molar-refractivity contribution in [2.75, 3.05) is 33.5 Å². The van der Waals surface area contributed by atoms with Gasteiger partial charge in [0.15, 0.2) is 5.75 Å². The van der Waals surface area contributed by atoms with Crippen molar-refractivity contribution >= 4 is 11.0 Å². The molecule has 2 aromatic heterocycles. The number of aliphatic hydroxyl groups excluding tert-OH is 1. The average molecular weight is 471 g/mol. The Balaban J connectivity index is 1.25. The van der Waals surface area contributed by atoms with Gasteiger partial charge in [-0.05, 0) is 25.0 Å². The first-order chi connectivity index (χ1) is 16.7. The first-order valence-corrected chi connectivity index (χ1v) is 11.2. The molecule has 0 radical (unpaired) electrons. The van der Waals surface area contributed by atoms with E-state index in [0.717, 1.165) is 12.1 Å². The molecule has 34 heavy (non-hydrogen) atoms. The van der Waals surface area contributed by atoms with E-state index >= 15 is 0 Å². The second kappa shape index (κ2) is 10.00. The highest BCUT2D eigenvalue weighted by Crippen LogP contribution is 2.34. The number of rotatable bonds is 7. The van der Waals surface area contributed by atoms with Gasteiger partial charge in [-0.25, -0.2) is 14.4 Å². The molecule has 11 heteroatoms. The van der Waals surface area contributed by atoms with Crippen molar-refractivity contribution in [3.8, 4) is 17.5 Å². The maximum absolute atomic E-state index is 14.9. The maximum Gasteiger partial charge on any atom is 0.276 e. The standard InChI is InChI=1S/C23H26FN5O5/c1-31-20-10-26-17-4-3-16(24)21(22(17)27-20)15(11-30)18-5-2-13(12-34-18)25-9-14-8-19-23(29-28-14)33-7-6-32-19/h3-4,8,10,13,15,18,25,30H,2,5-7,9,11-12H2,1H3/t13-,15?,18+/m1/s1. The predicted molar refractivity (Wildman–Crippen MR) is 118 cm³/mol. The number of aromatic nitrogens is 4. The molecule has 0 spiro atoms. The molecule has 3 aromatic rings. The van der Waals surface area contributed by atoms with Gasteiger partial charge in [0.25, 0.3) is 5.88 Å². The summed E-state index contributed by atoms with van der Waals surface area (Å²) in [6, 6.07) is 4.82. The summed E-state index contributed by atoms with van der Waals surface area (Å²) in [5.41, 5.74) is 1.95. The molecule has 3 atom stereocenters. The highest BCUT2D eigenvalue weighted by atomic mass is 19.1. The van der Waals surface area contributed by atoms with Crippen LogP contribution in [0.2, 0.25) is 0 Å². The molecule has 180 valence electrons. The Hall–Kier alpha value is -3.15. The fourth-order valence-corrected chi connectivity index (χ4v) is 4.38. The van der Waals surface area contributed by atoms with Crippen molar-refractivity contribution in [3.63, 3.8) is 0 Å². The molecule has 0 bridgehead atoms. The molecule has 1 saturated heterocycles. The number of halogens is 1. The summed E-state index contributed by atoms with van der Waals surface area (Å²) >= 11 is 0. The lowest BCUT2D eigenvalue weighted by Gasteiger charge is -2.34. The smallest absolute Gasteiger partial charge is 0.276 e. The topological polar surface area (TPSA) is 121 Å². The van der Waals surface area contributed by atoms with Gasteiger partial charge in [0.05, 0.1) is 49.4 Å². The van der Waals surface area contributed by atoms with E-state index in [1.54, 1.807) is 6.07 Å². The summed E-state index contributed by atoms with van der Waals surface area (Å²) in [5, 5.41) is 21.8. The maximum atomic E-state index is 14.9. The Morgan fingerprint density at radius 1 is 1.24 bits per heavy atom. The second-order valence-corrected chi connectivity index (χ2v) is 8.26. The molecule has 4 heterocycles. The SMILES string of the molecule is COc1cnc2ccc(F)c(C(CO)[C@@H]3CC[C@@H](NCc4cc5c(nn4)OCCO5)CO3)c2n1. The first kappa shape index (κ1) is 22.6. The molecule has 0 saturated carbocycles. The van der Waals surface area contributed by atoms with Crippen LogP contribution in [0.4, 0.5) is 4.39 Å². The van der Waals surface area contributed by atoms with E-state index < -0.39 is 11.7 Å². The summed E-state index contributed by atoms with van der Waals surface area (Å²) < 4.78 is 37.1. The molecule has 10 nitrogen and oxygen atoms in total. The van der Waals surface area contributed by atoms with Crippen LogP contribution in [0, 0.1) is 5.82 Å². The van der Waals surface area contributed by atoms with E-state index in [1.165, 1.54) is 19.4 Å². The lowest BCUT2D eigenvalue weighted by atomic mass is 9.87. The number of methoxy groups -OCH3 is 1. The number of fused-ring (bicyclic) bond motifs is 2. The number of nitrogens with one attached hydrogen (secondary N) is 1. The molecule has 2 N–H and O–H groups in total. The average Bonchev–Trinajstić information content (AvgIpc) is 2.89. The summed E-state index contributed by atoms with van der Waals surface area (Å²) in [5.74, 6) is 0.273. The van der Waals surface area contributed by atoms with Crippen LogP contribution < -0.4 is 19.5 Å². The third kappa shape index (κ3) is 4.59. The summed E-state index contributed by atoms with van der Waals surface area (Å²) in [6.07, 6.45) is 2.56. The van der Waals surface area contributed by atoms with Crippen molar-refractivity contribution in [1.29, 1.82) is 0 Å². The quantitative estimate of drug-likeness (QED) is 0.527. The number of hydrogen-bond acceptors (Lipinski definition) is 10. The van der Waals surface area contributed by atoms with Gasteiger partial charge in [-0.3, -0.25) is 0 Å². The lowest BCUT2D eigenvalue weighted by molar-refractivity contribution is -0.0284. The van der Waals surface area contributed by atoms with Crippen LogP contribution in [0.1, 0.15) is 30.0 Å². The van der Waals surface area contributed by atoms with Crippen LogP contribution in [-0.2, 0) is 11.3 Å². The Kier molecular flexibility index (Phi) is 6.66. The molecule has 0 amide bonds. The molecular weight excluding hydrogens is 445 g/mol. The zero-order valence-corrected chi connectivity index (χ0v) is 18.7. The Labute approximate surface area is 195 Å². The van der Waals surface area contributed by atoms with Crippen LogP contribution in [-0.4, -0.2) is 71.0 Å². The van der Waals surface area contributed by atoms with E-state index in [1.807, 2.05) is 6.07 Å². The third-order valence-corrected chi connectivity index (χ3v) is 6.14. The molecule has 1 aromatic carbocycles. The van der Waals surface area contributed by atoms with Gasteiger partial charge < -0.3 is 29.4 Å². The van der Waals surface area contributed by atoms with E-state index in [9.17, 15) is 9.50 Å². The highest BCUT2D eigenvalue weighted by molar-refractivity contribution is 5.79. The van der Waals surface area contributed by atoms with Crippen molar-refractivity contribution < 1.29 is 28.4 Å². The van der Waals surface area contributed by atoms with Gasteiger partial charge in [-0.2, -0.15) is 5.10 Å². The summed E-state index contributed by atoms with van der Waals surface area (Å²) in [6.45, 7) is 1.60. The summed E-state index contributed by atoms with van der Waals surface area (Å²) in [4.78, 5) is 8.68.